The average molecular weight is 291 g/mol. The van der Waals surface area contributed by atoms with Crippen molar-refractivity contribution in [1.82, 2.24) is 9.80 Å². The number of alkyl halides is 1. The highest BCUT2D eigenvalue weighted by Gasteiger charge is 2.29. The van der Waals surface area contributed by atoms with Gasteiger partial charge >= 0.3 is 0 Å². The number of hydrogen-bond donors (Lipinski definition) is 0. The molecule has 0 aromatic rings. The standard InChI is InChI=1S/C14H27ClN2O2/c1-11(2)17-4-5-18-14(10-17)9-16-7-12(3)19-13(6-15)8-16/h11-14H,4-10H2,1-3H3. The van der Waals surface area contributed by atoms with E-state index in [1.807, 2.05) is 0 Å². The van der Waals surface area contributed by atoms with Crippen molar-refractivity contribution in [3.8, 4) is 0 Å². The third-order valence-electron chi connectivity index (χ3n) is 3.94. The van der Waals surface area contributed by atoms with Crippen LogP contribution in [0, 0.1) is 0 Å². The van der Waals surface area contributed by atoms with Crippen LogP contribution >= 0.6 is 11.6 Å². The van der Waals surface area contributed by atoms with Crippen molar-refractivity contribution in [2.75, 3.05) is 45.2 Å². The Balaban J connectivity index is 1.82. The minimum atomic E-state index is 0.162. The quantitative estimate of drug-likeness (QED) is 0.731. The zero-order chi connectivity index (χ0) is 13.8. The molecule has 0 amide bonds. The van der Waals surface area contributed by atoms with Gasteiger partial charge in [-0.3, -0.25) is 9.80 Å². The number of halogens is 1. The molecule has 0 radical (unpaired) electrons. The number of morpholine rings is 2. The van der Waals surface area contributed by atoms with Crippen molar-refractivity contribution in [2.24, 2.45) is 0 Å². The molecule has 2 rings (SSSR count). The minimum Gasteiger partial charge on any atom is -0.374 e. The van der Waals surface area contributed by atoms with Gasteiger partial charge in [-0.2, -0.15) is 0 Å². The second-order valence-electron chi connectivity index (χ2n) is 6.02. The van der Waals surface area contributed by atoms with E-state index in [0.29, 0.717) is 18.0 Å². The van der Waals surface area contributed by atoms with Gasteiger partial charge in [-0.25, -0.2) is 0 Å². The summed E-state index contributed by atoms with van der Waals surface area (Å²) in [6, 6.07) is 0.602. The average Bonchev–Trinajstić information content (AvgIpc) is 2.38. The van der Waals surface area contributed by atoms with Crippen LogP contribution in [-0.4, -0.2) is 79.4 Å². The lowest BCUT2D eigenvalue weighted by atomic mass is 10.1. The molecule has 2 aliphatic rings. The van der Waals surface area contributed by atoms with E-state index in [1.165, 1.54) is 0 Å². The minimum absolute atomic E-state index is 0.162. The molecule has 0 spiro atoms. The zero-order valence-corrected chi connectivity index (χ0v) is 13.1. The van der Waals surface area contributed by atoms with E-state index in [-0.39, 0.29) is 12.2 Å². The number of nitrogens with zero attached hydrogens (tertiary/aromatic N) is 2. The summed E-state index contributed by atoms with van der Waals surface area (Å²) in [4.78, 5) is 4.94. The van der Waals surface area contributed by atoms with Crippen LogP contribution in [-0.2, 0) is 9.47 Å². The van der Waals surface area contributed by atoms with Gasteiger partial charge in [0.25, 0.3) is 0 Å². The van der Waals surface area contributed by atoms with Crippen LogP contribution in [0.25, 0.3) is 0 Å². The first kappa shape index (κ1) is 15.5. The lowest BCUT2D eigenvalue weighted by molar-refractivity contribution is -0.0967. The highest BCUT2D eigenvalue weighted by molar-refractivity contribution is 6.18. The molecule has 3 unspecified atom stereocenters. The summed E-state index contributed by atoms with van der Waals surface area (Å²) in [7, 11) is 0. The van der Waals surface area contributed by atoms with Crippen molar-refractivity contribution in [2.45, 2.75) is 45.1 Å². The fourth-order valence-electron chi connectivity index (χ4n) is 2.98. The Morgan fingerprint density at radius 2 is 2.00 bits per heavy atom. The maximum Gasteiger partial charge on any atom is 0.0841 e. The highest BCUT2D eigenvalue weighted by Crippen LogP contribution is 2.15. The first-order valence-corrected chi connectivity index (χ1v) is 7.91. The maximum atomic E-state index is 5.93. The molecule has 2 fully saturated rings. The number of ether oxygens (including phenoxy) is 2. The number of rotatable bonds is 4. The molecule has 2 heterocycles. The molecule has 3 atom stereocenters. The molecule has 0 aromatic carbocycles. The van der Waals surface area contributed by atoms with Crippen molar-refractivity contribution in [3.05, 3.63) is 0 Å². The van der Waals surface area contributed by atoms with Gasteiger partial charge in [0, 0.05) is 44.6 Å². The SMILES string of the molecule is CC1CN(CC2CN(C(C)C)CCO2)CC(CCl)O1. The van der Waals surface area contributed by atoms with E-state index < -0.39 is 0 Å². The van der Waals surface area contributed by atoms with Crippen LogP contribution in [0.4, 0.5) is 0 Å². The molecule has 112 valence electrons. The third-order valence-corrected chi connectivity index (χ3v) is 4.28. The largest absolute Gasteiger partial charge is 0.374 e. The Bertz CT molecular complexity index is 278. The summed E-state index contributed by atoms with van der Waals surface area (Å²) in [6.07, 6.45) is 0.745. The maximum absolute atomic E-state index is 5.93. The Labute approximate surface area is 122 Å². The van der Waals surface area contributed by atoms with E-state index in [4.69, 9.17) is 21.1 Å². The molecule has 0 aromatic heterocycles. The van der Waals surface area contributed by atoms with Gasteiger partial charge in [-0.15, -0.1) is 11.6 Å². The summed E-state index contributed by atoms with van der Waals surface area (Å²) in [5.41, 5.74) is 0. The molecule has 2 aliphatic heterocycles. The van der Waals surface area contributed by atoms with Crippen molar-refractivity contribution >= 4 is 11.6 Å². The number of hydrogen-bond acceptors (Lipinski definition) is 4. The summed E-state index contributed by atoms with van der Waals surface area (Å²) in [6.45, 7) is 12.5. The molecule has 0 N–H and O–H groups in total. The zero-order valence-electron chi connectivity index (χ0n) is 12.3. The lowest BCUT2D eigenvalue weighted by Crippen LogP contribution is -2.54. The lowest BCUT2D eigenvalue weighted by Gasteiger charge is -2.41. The van der Waals surface area contributed by atoms with Crippen molar-refractivity contribution in [3.63, 3.8) is 0 Å². The summed E-state index contributed by atoms with van der Waals surface area (Å²) < 4.78 is 11.7. The van der Waals surface area contributed by atoms with Crippen LogP contribution in [0.2, 0.25) is 0 Å². The van der Waals surface area contributed by atoms with E-state index in [2.05, 4.69) is 30.6 Å². The van der Waals surface area contributed by atoms with Gasteiger partial charge in [0.15, 0.2) is 0 Å². The molecule has 0 bridgehead atoms. The van der Waals surface area contributed by atoms with Gasteiger partial charge in [-0.1, -0.05) is 0 Å². The first-order chi connectivity index (χ1) is 9.08. The summed E-state index contributed by atoms with van der Waals surface area (Å²) >= 11 is 5.93. The Kier molecular flexibility index (Phi) is 5.90. The second kappa shape index (κ2) is 7.23. The summed E-state index contributed by atoms with van der Waals surface area (Å²) in [5, 5.41) is 0. The van der Waals surface area contributed by atoms with Gasteiger partial charge in [-0.05, 0) is 20.8 Å². The molecule has 0 saturated carbocycles. The Hall–Kier alpha value is 0.130. The highest BCUT2D eigenvalue weighted by atomic mass is 35.5. The van der Waals surface area contributed by atoms with Gasteiger partial charge in [0.1, 0.15) is 0 Å². The van der Waals surface area contributed by atoms with E-state index in [9.17, 15) is 0 Å². The molecular formula is C14H27ClN2O2. The molecule has 0 aliphatic carbocycles. The van der Waals surface area contributed by atoms with Crippen molar-refractivity contribution < 1.29 is 9.47 Å². The smallest absolute Gasteiger partial charge is 0.0841 e. The second-order valence-corrected chi connectivity index (χ2v) is 6.33. The molecular weight excluding hydrogens is 264 g/mol. The fourth-order valence-corrected chi connectivity index (χ4v) is 3.15. The molecule has 5 heteroatoms. The Morgan fingerprint density at radius 3 is 2.68 bits per heavy atom. The third kappa shape index (κ3) is 4.57. The van der Waals surface area contributed by atoms with Crippen LogP contribution in [0.1, 0.15) is 20.8 Å². The van der Waals surface area contributed by atoms with Crippen LogP contribution < -0.4 is 0 Å². The fraction of sp³-hybridized carbons (Fsp3) is 1.00. The molecule has 19 heavy (non-hydrogen) atoms. The molecule has 2 saturated heterocycles. The van der Waals surface area contributed by atoms with Crippen molar-refractivity contribution in [1.29, 1.82) is 0 Å². The predicted octanol–water partition coefficient (Wildman–Crippen LogP) is 1.42. The van der Waals surface area contributed by atoms with E-state index in [0.717, 1.165) is 39.3 Å². The summed E-state index contributed by atoms with van der Waals surface area (Å²) in [5.74, 6) is 0.574. The van der Waals surface area contributed by atoms with E-state index >= 15 is 0 Å². The Morgan fingerprint density at radius 1 is 1.21 bits per heavy atom. The van der Waals surface area contributed by atoms with Crippen LogP contribution in [0.3, 0.4) is 0 Å². The van der Waals surface area contributed by atoms with Crippen LogP contribution in [0.5, 0.6) is 0 Å². The van der Waals surface area contributed by atoms with Crippen LogP contribution in [0.15, 0.2) is 0 Å². The van der Waals surface area contributed by atoms with Gasteiger partial charge < -0.3 is 9.47 Å². The van der Waals surface area contributed by atoms with Gasteiger partial charge in [0.2, 0.25) is 0 Å². The monoisotopic (exact) mass is 290 g/mol. The first-order valence-electron chi connectivity index (χ1n) is 7.38. The van der Waals surface area contributed by atoms with Gasteiger partial charge in [0.05, 0.1) is 24.9 Å². The van der Waals surface area contributed by atoms with E-state index in [1.54, 1.807) is 0 Å². The predicted molar refractivity (Wildman–Crippen MR) is 77.9 cm³/mol. The molecule has 4 nitrogen and oxygen atoms in total. The normalized spacial score (nSPS) is 34.9. The topological polar surface area (TPSA) is 24.9 Å².